The first-order valence-corrected chi connectivity index (χ1v) is 8.96. The van der Waals surface area contributed by atoms with Gasteiger partial charge in [-0.1, -0.05) is 74.1 Å². The van der Waals surface area contributed by atoms with Crippen molar-refractivity contribution in [2.45, 2.75) is 43.5 Å². The lowest BCUT2D eigenvalue weighted by Crippen LogP contribution is -2.13. The van der Waals surface area contributed by atoms with Crippen LogP contribution in [0, 0.1) is 0 Å². The summed E-state index contributed by atoms with van der Waals surface area (Å²) in [5.41, 5.74) is 0.980. The van der Waals surface area contributed by atoms with Crippen LogP contribution < -0.4 is 0 Å². The van der Waals surface area contributed by atoms with E-state index < -0.39 is 0 Å². The summed E-state index contributed by atoms with van der Waals surface area (Å²) in [6.07, 6.45) is 3.90. The largest absolute Gasteiger partial charge is 0.338 e. The smallest absolute Gasteiger partial charge is 0.239 e. The minimum atomic E-state index is -0.133. The Morgan fingerprint density at radius 2 is 1.88 bits per heavy atom. The van der Waals surface area contributed by atoms with Gasteiger partial charge in [0.1, 0.15) is 5.82 Å². The number of aromatic nitrogens is 5. The summed E-state index contributed by atoms with van der Waals surface area (Å²) < 4.78 is 5.38. The molecule has 0 saturated heterocycles. The third-order valence-electron chi connectivity index (χ3n) is 3.46. The van der Waals surface area contributed by atoms with Gasteiger partial charge in [0, 0.05) is 5.41 Å². The van der Waals surface area contributed by atoms with Crippen molar-refractivity contribution in [3.8, 4) is 0 Å². The van der Waals surface area contributed by atoms with E-state index in [-0.39, 0.29) is 10.7 Å². The molecule has 1 aromatic carbocycles. The quantitative estimate of drug-likeness (QED) is 0.678. The number of nitrogens with one attached hydrogen (secondary N) is 1. The molecule has 130 valence electrons. The van der Waals surface area contributed by atoms with Crippen LogP contribution in [0.4, 0.5) is 0 Å². The Labute approximate surface area is 151 Å². The first kappa shape index (κ1) is 17.4. The molecule has 0 saturated carbocycles. The lowest BCUT2D eigenvalue weighted by Gasteiger charge is -2.11. The van der Waals surface area contributed by atoms with Crippen molar-refractivity contribution in [3.63, 3.8) is 0 Å². The Morgan fingerprint density at radius 3 is 2.56 bits per heavy atom. The molecule has 7 heteroatoms. The average molecular weight is 355 g/mol. The van der Waals surface area contributed by atoms with Crippen molar-refractivity contribution in [1.82, 2.24) is 25.3 Å². The fraction of sp³-hybridized carbons (Fsp3) is 0.333. The minimum absolute atomic E-state index is 0.0228. The van der Waals surface area contributed by atoms with Crippen LogP contribution in [0.2, 0.25) is 0 Å². The van der Waals surface area contributed by atoms with Gasteiger partial charge in [0.05, 0.1) is 5.25 Å². The van der Waals surface area contributed by atoms with Crippen LogP contribution in [0.5, 0.6) is 0 Å². The zero-order valence-corrected chi connectivity index (χ0v) is 15.5. The maximum Gasteiger partial charge on any atom is 0.239 e. The molecule has 0 amide bonds. The molecule has 1 atom stereocenters. The van der Waals surface area contributed by atoms with Crippen molar-refractivity contribution in [2.24, 2.45) is 0 Å². The van der Waals surface area contributed by atoms with Crippen LogP contribution in [0.25, 0.3) is 12.2 Å². The third-order valence-corrected chi connectivity index (χ3v) is 4.41. The first-order chi connectivity index (χ1) is 11.9. The van der Waals surface area contributed by atoms with Crippen molar-refractivity contribution in [1.29, 1.82) is 0 Å². The molecule has 0 fully saturated rings. The second-order valence-corrected chi connectivity index (χ2v) is 8.02. The van der Waals surface area contributed by atoms with Crippen molar-refractivity contribution in [3.05, 3.63) is 53.4 Å². The van der Waals surface area contributed by atoms with Crippen molar-refractivity contribution >= 4 is 23.9 Å². The Hall–Kier alpha value is -2.41. The van der Waals surface area contributed by atoms with Crippen LogP contribution in [0.3, 0.4) is 0 Å². The molecule has 2 aromatic heterocycles. The fourth-order valence-corrected chi connectivity index (χ4v) is 2.80. The maximum atomic E-state index is 5.38. The number of rotatable bonds is 5. The van der Waals surface area contributed by atoms with Gasteiger partial charge in [-0.25, -0.2) is 4.98 Å². The van der Waals surface area contributed by atoms with Gasteiger partial charge in [-0.3, -0.25) is 5.10 Å². The molecule has 0 radical (unpaired) electrons. The molecule has 2 heterocycles. The van der Waals surface area contributed by atoms with E-state index in [1.54, 1.807) is 0 Å². The van der Waals surface area contributed by atoms with Gasteiger partial charge in [0.25, 0.3) is 0 Å². The Morgan fingerprint density at radius 1 is 1.12 bits per heavy atom. The summed E-state index contributed by atoms with van der Waals surface area (Å²) in [6, 6.07) is 10.1. The minimum Gasteiger partial charge on any atom is -0.338 e. The van der Waals surface area contributed by atoms with Gasteiger partial charge < -0.3 is 4.52 Å². The number of nitrogens with zero attached hydrogens (tertiary/aromatic N) is 4. The second kappa shape index (κ2) is 7.23. The van der Waals surface area contributed by atoms with E-state index in [2.05, 4.69) is 46.1 Å². The number of thioether (sulfide) groups is 1. The number of H-pyrrole nitrogens is 1. The predicted octanol–water partition coefficient (Wildman–Crippen LogP) is 4.51. The molecule has 0 aliphatic rings. The highest BCUT2D eigenvalue weighted by molar-refractivity contribution is 7.99. The number of benzene rings is 1. The monoisotopic (exact) mass is 355 g/mol. The average Bonchev–Trinajstić information content (AvgIpc) is 3.23. The van der Waals surface area contributed by atoms with Crippen LogP contribution >= 0.6 is 11.8 Å². The standard InChI is InChI=1S/C18H21N5OS/c1-12(15-20-16(23-24-15)18(2,3)4)25-17-19-14(21-22-17)11-10-13-8-6-5-7-9-13/h5-12H,1-4H3,(H,19,21,22). The van der Waals surface area contributed by atoms with Gasteiger partial charge in [-0.15, -0.1) is 5.10 Å². The zero-order valence-electron chi connectivity index (χ0n) is 14.7. The van der Waals surface area contributed by atoms with Crippen LogP contribution in [-0.2, 0) is 5.41 Å². The van der Waals surface area contributed by atoms with E-state index in [1.807, 2.05) is 49.4 Å². The molecule has 0 aliphatic carbocycles. The lowest BCUT2D eigenvalue weighted by atomic mass is 9.96. The highest BCUT2D eigenvalue weighted by Crippen LogP contribution is 2.32. The summed E-state index contributed by atoms with van der Waals surface area (Å²) in [7, 11) is 0. The van der Waals surface area contributed by atoms with Crippen LogP contribution in [-0.4, -0.2) is 25.3 Å². The molecule has 0 bridgehead atoms. The highest BCUT2D eigenvalue weighted by atomic mass is 32.2. The second-order valence-electron chi connectivity index (χ2n) is 6.71. The molecular weight excluding hydrogens is 334 g/mol. The molecule has 3 aromatic rings. The summed E-state index contributed by atoms with van der Waals surface area (Å²) in [4.78, 5) is 8.95. The predicted molar refractivity (Wildman–Crippen MR) is 99.0 cm³/mol. The van der Waals surface area contributed by atoms with Crippen molar-refractivity contribution in [2.75, 3.05) is 0 Å². The third kappa shape index (κ3) is 4.57. The number of aromatic amines is 1. The van der Waals surface area contributed by atoms with E-state index in [0.717, 1.165) is 5.56 Å². The van der Waals surface area contributed by atoms with Gasteiger partial charge >= 0.3 is 0 Å². The molecule has 0 aliphatic heterocycles. The molecular formula is C18H21N5OS. The van der Waals surface area contributed by atoms with E-state index in [0.29, 0.717) is 22.7 Å². The van der Waals surface area contributed by atoms with Gasteiger partial charge in [-0.05, 0) is 18.6 Å². The van der Waals surface area contributed by atoms with E-state index in [9.17, 15) is 0 Å². The summed E-state index contributed by atoms with van der Waals surface area (Å²) in [6.45, 7) is 8.17. The molecule has 1 N–H and O–H groups in total. The highest BCUT2D eigenvalue weighted by Gasteiger charge is 2.24. The van der Waals surface area contributed by atoms with E-state index in [1.165, 1.54) is 11.8 Å². The normalized spacial score (nSPS) is 13.4. The molecule has 0 spiro atoms. The molecule has 6 nitrogen and oxygen atoms in total. The first-order valence-electron chi connectivity index (χ1n) is 8.08. The van der Waals surface area contributed by atoms with Crippen LogP contribution in [0.15, 0.2) is 40.0 Å². The topological polar surface area (TPSA) is 80.5 Å². The Bertz CT molecular complexity index is 848. The number of hydrogen-bond acceptors (Lipinski definition) is 6. The fourth-order valence-electron chi connectivity index (χ4n) is 2.04. The summed E-state index contributed by atoms with van der Waals surface area (Å²) >= 11 is 1.48. The number of hydrogen-bond donors (Lipinski definition) is 1. The lowest BCUT2D eigenvalue weighted by molar-refractivity contribution is 0.364. The van der Waals surface area contributed by atoms with E-state index in [4.69, 9.17) is 4.52 Å². The zero-order chi connectivity index (χ0) is 17.9. The Kier molecular flexibility index (Phi) is 5.03. The van der Waals surface area contributed by atoms with Gasteiger partial charge in [0.15, 0.2) is 5.82 Å². The SMILES string of the molecule is CC(Sc1n[nH]c(C=Cc2ccccc2)n1)c1nc(C(C)(C)C)no1. The Balaban J connectivity index is 1.65. The maximum absolute atomic E-state index is 5.38. The molecule has 25 heavy (non-hydrogen) atoms. The van der Waals surface area contributed by atoms with Crippen LogP contribution in [0.1, 0.15) is 56.0 Å². The molecule has 1 unspecified atom stereocenters. The summed E-state index contributed by atoms with van der Waals surface area (Å²) in [5, 5.41) is 11.8. The van der Waals surface area contributed by atoms with Crippen molar-refractivity contribution < 1.29 is 4.52 Å². The molecule has 3 rings (SSSR count). The van der Waals surface area contributed by atoms with Gasteiger partial charge in [0.2, 0.25) is 11.0 Å². The van der Waals surface area contributed by atoms with Gasteiger partial charge in [-0.2, -0.15) is 4.98 Å². The van der Waals surface area contributed by atoms with E-state index >= 15 is 0 Å². The summed E-state index contributed by atoms with van der Waals surface area (Å²) in [5.74, 6) is 2.00.